The monoisotopic (exact) mass is 526 g/mol. The first-order valence-corrected chi connectivity index (χ1v) is 12.6. The van der Waals surface area contributed by atoms with Gasteiger partial charge >= 0.3 is 11.9 Å². The predicted octanol–water partition coefficient (Wildman–Crippen LogP) is 5.50. The number of ether oxygens (including phenoxy) is 3. The molecular formula is C32H27FO6. The molecule has 1 aliphatic heterocycles. The van der Waals surface area contributed by atoms with Crippen molar-refractivity contribution in [2.45, 2.75) is 24.5 Å². The first-order valence-electron chi connectivity index (χ1n) is 12.6. The van der Waals surface area contributed by atoms with Gasteiger partial charge in [0.15, 0.2) is 12.3 Å². The molecule has 1 saturated heterocycles. The fourth-order valence-corrected chi connectivity index (χ4v) is 4.50. The number of esters is 2. The molecule has 0 radical (unpaired) electrons. The normalized spacial score (nSPS) is 20.4. The number of hydrogen-bond donors (Lipinski definition) is 1. The van der Waals surface area contributed by atoms with Crippen molar-refractivity contribution in [3.63, 3.8) is 0 Å². The molecule has 0 spiro atoms. The van der Waals surface area contributed by atoms with E-state index in [0.717, 1.165) is 22.3 Å². The van der Waals surface area contributed by atoms with E-state index in [-0.39, 0.29) is 12.2 Å². The van der Waals surface area contributed by atoms with Gasteiger partial charge in [-0.1, -0.05) is 84.9 Å². The van der Waals surface area contributed by atoms with E-state index in [1.165, 1.54) is 0 Å². The van der Waals surface area contributed by atoms with Crippen molar-refractivity contribution in [1.82, 2.24) is 0 Å². The molecule has 0 bridgehead atoms. The lowest BCUT2D eigenvalue weighted by Gasteiger charge is -2.20. The lowest BCUT2D eigenvalue weighted by atomic mass is 10.0. The van der Waals surface area contributed by atoms with Gasteiger partial charge in [0.25, 0.3) is 0 Å². The number of alkyl halides is 1. The molecule has 1 N–H and O–H groups in total. The SMILES string of the molecule is O=C(OCC1OC(CO)[C@@H](F)[C@@H]1OC(=O)c1ccc(-c2ccccc2)cc1)c1ccc(-c2ccccc2)cc1. The summed E-state index contributed by atoms with van der Waals surface area (Å²) in [6.45, 7) is -0.951. The van der Waals surface area contributed by atoms with Crippen molar-refractivity contribution < 1.29 is 33.3 Å². The second-order valence-corrected chi connectivity index (χ2v) is 9.20. The van der Waals surface area contributed by atoms with Gasteiger partial charge in [-0.3, -0.25) is 0 Å². The third-order valence-corrected chi connectivity index (χ3v) is 6.64. The lowest BCUT2D eigenvalue weighted by Crippen LogP contribution is -2.37. The van der Waals surface area contributed by atoms with Gasteiger partial charge < -0.3 is 19.3 Å². The molecule has 4 aromatic carbocycles. The topological polar surface area (TPSA) is 82.1 Å². The van der Waals surface area contributed by atoms with Crippen LogP contribution >= 0.6 is 0 Å². The van der Waals surface area contributed by atoms with Gasteiger partial charge in [0.1, 0.15) is 18.8 Å². The average molecular weight is 527 g/mol. The van der Waals surface area contributed by atoms with E-state index < -0.39 is 43.0 Å². The Morgan fingerprint density at radius 1 is 0.667 bits per heavy atom. The Kier molecular flexibility index (Phi) is 8.10. The zero-order valence-corrected chi connectivity index (χ0v) is 21.0. The highest BCUT2D eigenvalue weighted by Gasteiger charge is 2.48. The molecule has 6 nitrogen and oxygen atoms in total. The van der Waals surface area contributed by atoms with Crippen molar-refractivity contribution in [3.8, 4) is 22.3 Å². The lowest BCUT2D eigenvalue weighted by molar-refractivity contribution is -0.0503. The van der Waals surface area contributed by atoms with E-state index in [2.05, 4.69) is 0 Å². The Hall–Kier alpha value is -4.33. The van der Waals surface area contributed by atoms with Crippen LogP contribution in [-0.4, -0.2) is 54.7 Å². The molecule has 0 aliphatic carbocycles. The molecule has 1 fully saturated rings. The highest BCUT2D eigenvalue weighted by molar-refractivity contribution is 5.91. The van der Waals surface area contributed by atoms with Gasteiger partial charge in [0, 0.05) is 0 Å². The minimum atomic E-state index is -1.78. The maximum atomic E-state index is 15.0. The van der Waals surface area contributed by atoms with Gasteiger partial charge in [-0.15, -0.1) is 0 Å². The summed E-state index contributed by atoms with van der Waals surface area (Å²) >= 11 is 0. The third-order valence-electron chi connectivity index (χ3n) is 6.64. The minimum Gasteiger partial charge on any atom is -0.459 e. The molecule has 198 valence electrons. The van der Waals surface area contributed by atoms with Crippen LogP contribution in [0.3, 0.4) is 0 Å². The van der Waals surface area contributed by atoms with Crippen LogP contribution in [0.1, 0.15) is 20.7 Å². The quantitative estimate of drug-likeness (QED) is 0.305. The van der Waals surface area contributed by atoms with E-state index in [0.29, 0.717) is 5.56 Å². The van der Waals surface area contributed by atoms with Crippen LogP contribution in [0.2, 0.25) is 0 Å². The van der Waals surface area contributed by atoms with Crippen LogP contribution in [0.15, 0.2) is 109 Å². The number of aliphatic hydroxyl groups excluding tert-OH is 1. The van der Waals surface area contributed by atoms with Crippen molar-refractivity contribution in [3.05, 3.63) is 120 Å². The molecule has 0 amide bonds. The maximum Gasteiger partial charge on any atom is 0.338 e. The molecule has 1 heterocycles. The Balaban J connectivity index is 1.22. The first kappa shape index (κ1) is 26.3. The number of benzene rings is 4. The number of aliphatic hydroxyl groups is 1. The molecule has 4 atom stereocenters. The fraction of sp³-hybridized carbons (Fsp3) is 0.188. The number of halogens is 1. The molecule has 1 aliphatic rings. The van der Waals surface area contributed by atoms with Gasteiger partial charge in [-0.05, 0) is 46.5 Å². The number of rotatable bonds is 8. The summed E-state index contributed by atoms with van der Waals surface area (Å²) in [5.74, 6) is -1.36. The Morgan fingerprint density at radius 3 is 1.62 bits per heavy atom. The Morgan fingerprint density at radius 2 is 1.13 bits per heavy atom. The van der Waals surface area contributed by atoms with Crippen LogP contribution in [0.25, 0.3) is 22.3 Å². The smallest absolute Gasteiger partial charge is 0.338 e. The van der Waals surface area contributed by atoms with Crippen molar-refractivity contribution in [2.75, 3.05) is 13.2 Å². The number of carbonyl (C=O) groups excluding carboxylic acids is 2. The molecule has 4 aromatic rings. The zero-order valence-electron chi connectivity index (χ0n) is 21.0. The van der Waals surface area contributed by atoms with Crippen LogP contribution < -0.4 is 0 Å². The molecule has 39 heavy (non-hydrogen) atoms. The predicted molar refractivity (Wildman–Crippen MR) is 144 cm³/mol. The van der Waals surface area contributed by atoms with Crippen LogP contribution in [0, 0.1) is 0 Å². The Labute approximate surface area is 225 Å². The van der Waals surface area contributed by atoms with Gasteiger partial charge in [-0.25, -0.2) is 14.0 Å². The maximum absolute atomic E-state index is 15.0. The molecule has 7 heteroatoms. The summed E-state index contributed by atoms with van der Waals surface area (Å²) in [6, 6.07) is 33.1. The molecule has 5 rings (SSSR count). The second-order valence-electron chi connectivity index (χ2n) is 9.20. The van der Waals surface area contributed by atoms with Gasteiger partial charge in [0.2, 0.25) is 0 Å². The standard InChI is InChI=1S/C32H27FO6/c33-29-27(19-34)38-28(20-37-31(35)25-15-11-23(12-16-25)21-7-3-1-4-8-21)30(29)39-32(36)26-17-13-24(14-18-26)22-9-5-2-6-10-22/h1-18,27-30,34H,19-20H2/t27?,28?,29-,30-/m1/s1. The highest BCUT2D eigenvalue weighted by atomic mass is 19.1. The van der Waals surface area contributed by atoms with E-state index >= 15 is 4.39 Å². The van der Waals surface area contributed by atoms with E-state index in [1.807, 2.05) is 72.8 Å². The van der Waals surface area contributed by atoms with Crippen LogP contribution in [0.4, 0.5) is 4.39 Å². The Bertz CT molecular complexity index is 1390. The fourth-order valence-electron chi connectivity index (χ4n) is 4.50. The summed E-state index contributed by atoms with van der Waals surface area (Å²) in [4.78, 5) is 25.5. The van der Waals surface area contributed by atoms with E-state index in [9.17, 15) is 14.7 Å². The zero-order chi connectivity index (χ0) is 27.2. The van der Waals surface area contributed by atoms with Crippen molar-refractivity contribution >= 4 is 11.9 Å². The molecule has 0 aromatic heterocycles. The minimum absolute atomic E-state index is 0.239. The van der Waals surface area contributed by atoms with Gasteiger partial charge in [-0.2, -0.15) is 0 Å². The van der Waals surface area contributed by atoms with Crippen LogP contribution in [0.5, 0.6) is 0 Å². The summed E-state index contributed by atoms with van der Waals surface area (Å²) in [6.07, 6.45) is -5.40. The largest absolute Gasteiger partial charge is 0.459 e. The average Bonchev–Trinajstić information content (AvgIpc) is 3.30. The second kappa shape index (κ2) is 12.0. The summed E-state index contributed by atoms with van der Waals surface area (Å²) in [7, 11) is 0. The molecule has 2 unspecified atom stereocenters. The number of carbonyl (C=O) groups is 2. The summed E-state index contributed by atoms with van der Waals surface area (Å²) < 4.78 is 31.4. The molecular weight excluding hydrogens is 499 g/mol. The first-order chi connectivity index (χ1) is 19.0. The van der Waals surface area contributed by atoms with Crippen LogP contribution in [-0.2, 0) is 14.2 Å². The molecule has 0 saturated carbocycles. The van der Waals surface area contributed by atoms with E-state index in [4.69, 9.17) is 14.2 Å². The summed E-state index contributed by atoms with van der Waals surface area (Å²) in [5, 5.41) is 9.52. The highest BCUT2D eigenvalue weighted by Crippen LogP contribution is 2.29. The van der Waals surface area contributed by atoms with E-state index in [1.54, 1.807) is 36.4 Å². The van der Waals surface area contributed by atoms with Crippen molar-refractivity contribution in [2.24, 2.45) is 0 Å². The summed E-state index contributed by atoms with van der Waals surface area (Å²) in [5.41, 5.74) is 4.43. The third kappa shape index (κ3) is 6.06. The van der Waals surface area contributed by atoms with Crippen molar-refractivity contribution in [1.29, 1.82) is 0 Å². The van der Waals surface area contributed by atoms with Gasteiger partial charge in [0.05, 0.1) is 17.7 Å². The number of hydrogen-bond acceptors (Lipinski definition) is 6.